The van der Waals surface area contributed by atoms with E-state index in [9.17, 15) is 4.79 Å². The van der Waals surface area contributed by atoms with Crippen molar-refractivity contribution in [1.82, 2.24) is 5.32 Å². The number of para-hydroxylation sites is 1. The molecule has 0 saturated heterocycles. The first-order valence-corrected chi connectivity index (χ1v) is 8.31. The largest absolute Gasteiger partial charge is 0.497 e. The number of rotatable bonds is 5. The van der Waals surface area contributed by atoms with Crippen LogP contribution in [0.15, 0.2) is 48.5 Å². The third-order valence-electron chi connectivity index (χ3n) is 4.12. The molecule has 2 aromatic rings. The maximum absolute atomic E-state index is 12.4. The molecule has 1 amide bonds. The van der Waals surface area contributed by atoms with Gasteiger partial charge in [0.1, 0.15) is 22.8 Å². The van der Waals surface area contributed by atoms with E-state index in [1.165, 1.54) is 0 Å². The SMILES string of the molecule is COc1cccc(OCC(=O)NC2CC(C)(C)Oc3ccccc32)c1. The highest BCUT2D eigenvalue weighted by Gasteiger charge is 2.34. The van der Waals surface area contributed by atoms with Crippen LogP contribution in [0.4, 0.5) is 0 Å². The molecule has 0 aromatic heterocycles. The number of methoxy groups -OCH3 is 1. The molecular formula is C20H23NO4. The standard InChI is InChI=1S/C20H23NO4/c1-20(2)12-17(16-9-4-5-10-18(16)25-20)21-19(22)13-24-15-8-6-7-14(11-15)23-3/h4-11,17H,12-13H2,1-3H3,(H,21,22). The molecule has 0 bridgehead atoms. The van der Waals surface area contributed by atoms with E-state index < -0.39 is 0 Å². The zero-order valence-corrected chi connectivity index (χ0v) is 14.7. The Bertz CT molecular complexity index is 757. The summed E-state index contributed by atoms with van der Waals surface area (Å²) in [6.45, 7) is 4.00. The quantitative estimate of drug-likeness (QED) is 0.904. The number of benzene rings is 2. The maximum atomic E-state index is 12.4. The first-order valence-electron chi connectivity index (χ1n) is 8.31. The van der Waals surface area contributed by atoms with Crippen LogP contribution in [0.3, 0.4) is 0 Å². The summed E-state index contributed by atoms with van der Waals surface area (Å²) in [7, 11) is 1.59. The van der Waals surface area contributed by atoms with E-state index in [0.29, 0.717) is 17.9 Å². The van der Waals surface area contributed by atoms with Crippen molar-refractivity contribution in [3.05, 3.63) is 54.1 Å². The number of nitrogens with one attached hydrogen (secondary N) is 1. The Morgan fingerprint density at radius 2 is 1.96 bits per heavy atom. The lowest BCUT2D eigenvalue weighted by Crippen LogP contribution is -2.42. The van der Waals surface area contributed by atoms with Crippen LogP contribution in [0.5, 0.6) is 17.2 Å². The summed E-state index contributed by atoms with van der Waals surface area (Å²) in [5.41, 5.74) is 0.663. The molecular weight excluding hydrogens is 318 g/mol. The van der Waals surface area contributed by atoms with E-state index in [4.69, 9.17) is 14.2 Å². The fourth-order valence-corrected chi connectivity index (χ4v) is 3.01. The second-order valence-electron chi connectivity index (χ2n) is 6.69. The molecule has 1 unspecified atom stereocenters. The Morgan fingerprint density at radius 1 is 1.20 bits per heavy atom. The number of amides is 1. The van der Waals surface area contributed by atoms with E-state index >= 15 is 0 Å². The summed E-state index contributed by atoms with van der Waals surface area (Å²) in [4.78, 5) is 12.4. The van der Waals surface area contributed by atoms with Gasteiger partial charge < -0.3 is 19.5 Å². The average Bonchev–Trinajstić information content (AvgIpc) is 2.59. The van der Waals surface area contributed by atoms with Crippen LogP contribution in [0, 0.1) is 0 Å². The van der Waals surface area contributed by atoms with Gasteiger partial charge in [-0.05, 0) is 32.0 Å². The van der Waals surface area contributed by atoms with E-state index in [-0.39, 0.29) is 24.2 Å². The Hall–Kier alpha value is -2.69. The monoisotopic (exact) mass is 341 g/mol. The minimum Gasteiger partial charge on any atom is -0.497 e. The molecule has 1 heterocycles. The number of carbonyl (C=O) groups excluding carboxylic acids is 1. The first-order chi connectivity index (χ1) is 12.0. The van der Waals surface area contributed by atoms with E-state index in [1.807, 2.05) is 50.2 Å². The number of hydrogen-bond donors (Lipinski definition) is 1. The van der Waals surface area contributed by atoms with Gasteiger partial charge in [0.25, 0.3) is 5.91 Å². The van der Waals surface area contributed by atoms with Crippen LogP contribution < -0.4 is 19.5 Å². The molecule has 5 nitrogen and oxygen atoms in total. The highest BCUT2D eigenvalue weighted by molar-refractivity contribution is 5.78. The number of carbonyl (C=O) groups is 1. The van der Waals surface area contributed by atoms with E-state index in [2.05, 4.69) is 5.32 Å². The van der Waals surface area contributed by atoms with Gasteiger partial charge in [-0.25, -0.2) is 0 Å². The second kappa shape index (κ2) is 7.05. The van der Waals surface area contributed by atoms with Gasteiger partial charge in [-0.15, -0.1) is 0 Å². The fraction of sp³-hybridized carbons (Fsp3) is 0.350. The second-order valence-corrected chi connectivity index (χ2v) is 6.69. The molecule has 0 radical (unpaired) electrons. The summed E-state index contributed by atoms with van der Waals surface area (Å²) < 4.78 is 16.7. The van der Waals surface area contributed by atoms with Crippen molar-refractivity contribution in [2.45, 2.75) is 31.9 Å². The Labute approximate surface area is 147 Å². The van der Waals surface area contributed by atoms with Crippen LogP contribution in [0.1, 0.15) is 31.9 Å². The van der Waals surface area contributed by atoms with Crippen LogP contribution in [-0.2, 0) is 4.79 Å². The summed E-state index contributed by atoms with van der Waals surface area (Å²) in [6.07, 6.45) is 0.703. The topological polar surface area (TPSA) is 56.8 Å². The molecule has 0 fully saturated rings. The van der Waals surface area contributed by atoms with Crippen LogP contribution in [0.25, 0.3) is 0 Å². The predicted octanol–water partition coefficient (Wildman–Crippen LogP) is 3.49. The molecule has 0 spiro atoms. The normalized spacial score (nSPS) is 17.8. The van der Waals surface area contributed by atoms with Gasteiger partial charge in [-0.1, -0.05) is 24.3 Å². The molecule has 0 aliphatic carbocycles. The lowest BCUT2D eigenvalue weighted by Gasteiger charge is -2.37. The summed E-state index contributed by atoms with van der Waals surface area (Å²) >= 11 is 0. The Morgan fingerprint density at radius 3 is 2.76 bits per heavy atom. The van der Waals surface area contributed by atoms with Gasteiger partial charge in [0.2, 0.25) is 0 Å². The van der Waals surface area contributed by atoms with Crippen molar-refractivity contribution in [1.29, 1.82) is 0 Å². The molecule has 1 aliphatic heterocycles. The number of fused-ring (bicyclic) bond motifs is 1. The molecule has 0 saturated carbocycles. The average molecular weight is 341 g/mol. The Balaban J connectivity index is 1.64. The lowest BCUT2D eigenvalue weighted by atomic mass is 9.90. The third kappa shape index (κ3) is 4.24. The van der Waals surface area contributed by atoms with Crippen LogP contribution in [-0.4, -0.2) is 25.2 Å². The van der Waals surface area contributed by atoms with Crippen molar-refractivity contribution in [2.75, 3.05) is 13.7 Å². The molecule has 25 heavy (non-hydrogen) atoms. The van der Waals surface area contributed by atoms with Gasteiger partial charge in [-0.3, -0.25) is 4.79 Å². The number of ether oxygens (including phenoxy) is 3. The van der Waals surface area contributed by atoms with E-state index in [0.717, 1.165) is 11.3 Å². The van der Waals surface area contributed by atoms with Gasteiger partial charge >= 0.3 is 0 Å². The van der Waals surface area contributed by atoms with Crippen molar-refractivity contribution < 1.29 is 19.0 Å². The van der Waals surface area contributed by atoms with Gasteiger partial charge in [0.15, 0.2) is 6.61 Å². The van der Waals surface area contributed by atoms with Crippen LogP contribution in [0.2, 0.25) is 0 Å². The summed E-state index contributed by atoms with van der Waals surface area (Å²) in [5.74, 6) is 1.94. The van der Waals surface area contributed by atoms with Crippen LogP contribution >= 0.6 is 0 Å². The molecule has 1 N–H and O–H groups in total. The zero-order chi connectivity index (χ0) is 17.9. The minimum absolute atomic E-state index is 0.0485. The van der Waals surface area contributed by atoms with Crippen molar-refractivity contribution in [2.24, 2.45) is 0 Å². The molecule has 5 heteroatoms. The van der Waals surface area contributed by atoms with Crippen molar-refractivity contribution >= 4 is 5.91 Å². The highest BCUT2D eigenvalue weighted by Crippen LogP contribution is 2.39. The summed E-state index contributed by atoms with van der Waals surface area (Å²) in [6, 6.07) is 14.9. The molecule has 1 aliphatic rings. The zero-order valence-electron chi connectivity index (χ0n) is 14.7. The summed E-state index contributed by atoms with van der Waals surface area (Å²) in [5, 5.41) is 3.05. The molecule has 2 aromatic carbocycles. The maximum Gasteiger partial charge on any atom is 0.258 e. The molecule has 132 valence electrons. The molecule has 1 atom stereocenters. The lowest BCUT2D eigenvalue weighted by molar-refractivity contribution is -0.124. The Kier molecular flexibility index (Phi) is 4.83. The van der Waals surface area contributed by atoms with Gasteiger partial charge in [0, 0.05) is 18.1 Å². The van der Waals surface area contributed by atoms with Gasteiger partial charge in [-0.2, -0.15) is 0 Å². The highest BCUT2D eigenvalue weighted by atomic mass is 16.5. The third-order valence-corrected chi connectivity index (χ3v) is 4.12. The first kappa shape index (κ1) is 17.1. The minimum atomic E-state index is -0.333. The molecule has 3 rings (SSSR count). The van der Waals surface area contributed by atoms with Crippen molar-refractivity contribution in [3.63, 3.8) is 0 Å². The smallest absolute Gasteiger partial charge is 0.258 e. The van der Waals surface area contributed by atoms with Gasteiger partial charge in [0.05, 0.1) is 13.2 Å². The number of hydrogen-bond acceptors (Lipinski definition) is 4. The predicted molar refractivity (Wildman–Crippen MR) is 95.1 cm³/mol. The van der Waals surface area contributed by atoms with Crippen molar-refractivity contribution in [3.8, 4) is 17.2 Å². The van der Waals surface area contributed by atoms with E-state index in [1.54, 1.807) is 19.2 Å². The fourth-order valence-electron chi connectivity index (χ4n) is 3.01.